The molecule has 110 valence electrons. The van der Waals surface area contributed by atoms with E-state index >= 15 is 0 Å². The highest BCUT2D eigenvalue weighted by atomic mass is 16.2. The molecule has 0 aliphatic carbocycles. The summed E-state index contributed by atoms with van der Waals surface area (Å²) in [4.78, 5) is 28.6. The Bertz CT molecular complexity index is 739. The molecule has 0 spiro atoms. The lowest BCUT2D eigenvalue weighted by Gasteiger charge is -2.08. The molecule has 8 nitrogen and oxygen atoms in total. The molecule has 0 aliphatic rings. The van der Waals surface area contributed by atoms with Gasteiger partial charge in [-0.25, -0.2) is 4.79 Å². The van der Waals surface area contributed by atoms with Crippen LogP contribution in [0.2, 0.25) is 0 Å². The second-order valence-corrected chi connectivity index (χ2v) is 4.68. The molecule has 2 aromatic rings. The van der Waals surface area contributed by atoms with Crippen LogP contribution in [0.5, 0.6) is 0 Å². The van der Waals surface area contributed by atoms with E-state index in [1.165, 1.54) is 11.6 Å². The van der Waals surface area contributed by atoms with Crippen LogP contribution in [-0.4, -0.2) is 31.8 Å². The molecule has 2 heterocycles. The Balaban J connectivity index is 2.80. The van der Waals surface area contributed by atoms with E-state index in [0.29, 0.717) is 36.7 Å². The van der Waals surface area contributed by atoms with Gasteiger partial charge >= 0.3 is 5.69 Å². The lowest BCUT2D eigenvalue weighted by atomic mass is 10.4. The highest BCUT2D eigenvalue weighted by molar-refractivity contribution is 5.74. The molecule has 0 bridgehead atoms. The first-order valence-corrected chi connectivity index (χ1v) is 6.63. The van der Waals surface area contributed by atoms with Crippen LogP contribution < -0.4 is 22.3 Å². The number of nitrogens with zero attached hydrogens (tertiary/aromatic N) is 4. The van der Waals surface area contributed by atoms with Crippen LogP contribution in [0.15, 0.2) is 9.59 Å². The zero-order valence-corrected chi connectivity index (χ0v) is 12.0. The Morgan fingerprint density at radius 1 is 1.25 bits per heavy atom. The summed E-state index contributed by atoms with van der Waals surface area (Å²) in [7, 11) is 3.08. The van der Waals surface area contributed by atoms with Gasteiger partial charge in [0.25, 0.3) is 5.56 Å². The summed E-state index contributed by atoms with van der Waals surface area (Å²) in [6.07, 6.45) is 0.856. The summed E-state index contributed by atoms with van der Waals surface area (Å²) in [6, 6.07) is 0. The van der Waals surface area contributed by atoms with E-state index in [0.717, 1.165) is 11.0 Å². The molecular weight excluding hydrogens is 260 g/mol. The number of fused-ring (bicyclic) bond motifs is 1. The monoisotopic (exact) mass is 280 g/mol. The Hall–Kier alpha value is -2.09. The molecule has 2 rings (SSSR count). The minimum atomic E-state index is -0.381. The van der Waals surface area contributed by atoms with E-state index in [9.17, 15) is 9.59 Å². The third-order valence-electron chi connectivity index (χ3n) is 3.22. The third kappa shape index (κ3) is 2.11. The molecular formula is C12H20N6O2. The molecule has 8 heteroatoms. The van der Waals surface area contributed by atoms with Gasteiger partial charge in [0.05, 0.1) is 0 Å². The van der Waals surface area contributed by atoms with Crippen LogP contribution in [0.1, 0.15) is 13.3 Å². The number of aromatic nitrogens is 4. The SMILES string of the molecule is CCCn1c(NCCN)nc2c1c(=O)n(C)c(=O)n2C. The predicted molar refractivity (Wildman–Crippen MR) is 78.1 cm³/mol. The van der Waals surface area contributed by atoms with Crippen LogP contribution in [0.25, 0.3) is 11.2 Å². The van der Waals surface area contributed by atoms with E-state index in [4.69, 9.17) is 5.73 Å². The number of hydrogen-bond donors (Lipinski definition) is 2. The minimum absolute atomic E-state index is 0.329. The third-order valence-corrected chi connectivity index (χ3v) is 3.22. The highest BCUT2D eigenvalue weighted by Crippen LogP contribution is 2.15. The largest absolute Gasteiger partial charge is 0.354 e. The normalized spacial score (nSPS) is 11.2. The molecule has 20 heavy (non-hydrogen) atoms. The van der Waals surface area contributed by atoms with Crippen molar-refractivity contribution in [3.05, 3.63) is 20.8 Å². The lowest BCUT2D eigenvalue weighted by molar-refractivity contribution is 0.678. The van der Waals surface area contributed by atoms with Gasteiger partial charge in [0.2, 0.25) is 5.95 Å². The topological polar surface area (TPSA) is 99.9 Å². The molecule has 0 unspecified atom stereocenters. The van der Waals surface area contributed by atoms with E-state index in [2.05, 4.69) is 10.3 Å². The Morgan fingerprint density at radius 2 is 1.95 bits per heavy atom. The molecule has 0 amide bonds. The van der Waals surface area contributed by atoms with Crippen LogP contribution in [0.4, 0.5) is 5.95 Å². The predicted octanol–water partition coefficient (Wildman–Crippen LogP) is -0.786. The maximum atomic E-state index is 12.3. The zero-order valence-electron chi connectivity index (χ0n) is 12.0. The average molecular weight is 280 g/mol. The number of anilines is 1. The summed E-state index contributed by atoms with van der Waals surface area (Å²) in [5.41, 5.74) is 5.61. The molecule has 2 aromatic heterocycles. The van der Waals surface area contributed by atoms with Crippen molar-refractivity contribution in [1.29, 1.82) is 0 Å². The molecule has 0 saturated carbocycles. The van der Waals surface area contributed by atoms with Gasteiger partial charge in [-0.1, -0.05) is 6.92 Å². The molecule has 0 atom stereocenters. The number of aryl methyl sites for hydroxylation is 2. The highest BCUT2D eigenvalue weighted by Gasteiger charge is 2.18. The Kier molecular flexibility index (Phi) is 3.93. The first-order chi connectivity index (χ1) is 9.52. The van der Waals surface area contributed by atoms with Crippen molar-refractivity contribution in [3.8, 4) is 0 Å². The molecule has 0 saturated heterocycles. The molecule has 0 fully saturated rings. The van der Waals surface area contributed by atoms with Crippen molar-refractivity contribution in [1.82, 2.24) is 18.7 Å². The zero-order chi connectivity index (χ0) is 14.9. The molecule has 3 N–H and O–H groups in total. The summed E-state index contributed by atoms with van der Waals surface area (Å²) in [5, 5.41) is 3.09. The fourth-order valence-electron chi connectivity index (χ4n) is 2.21. The van der Waals surface area contributed by atoms with E-state index in [1.54, 1.807) is 7.05 Å². The standard InChI is InChI=1S/C12H20N6O2/c1-4-7-18-8-9(15-11(18)14-6-5-13)16(2)12(20)17(3)10(8)19/h4-7,13H2,1-3H3,(H,14,15). The van der Waals surface area contributed by atoms with Gasteiger partial charge in [-0.2, -0.15) is 4.98 Å². The second-order valence-electron chi connectivity index (χ2n) is 4.68. The van der Waals surface area contributed by atoms with E-state index < -0.39 is 0 Å². The van der Waals surface area contributed by atoms with E-state index in [1.807, 2.05) is 11.5 Å². The van der Waals surface area contributed by atoms with Crippen LogP contribution >= 0.6 is 0 Å². The van der Waals surface area contributed by atoms with Crippen LogP contribution in [-0.2, 0) is 20.6 Å². The fourth-order valence-corrected chi connectivity index (χ4v) is 2.21. The maximum Gasteiger partial charge on any atom is 0.332 e. The van der Waals surface area contributed by atoms with Crippen molar-refractivity contribution in [2.45, 2.75) is 19.9 Å². The Labute approximate surface area is 115 Å². The summed E-state index contributed by atoms with van der Waals surface area (Å²) < 4.78 is 4.30. The quantitative estimate of drug-likeness (QED) is 0.748. The second kappa shape index (κ2) is 5.49. The molecule has 0 aromatic carbocycles. The van der Waals surface area contributed by atoms with Crippen LogP contribution in [0.3, 0.4) is 0 Å². The minimum Gasteiger partial charge on any atom is -0.354 e. The fraction of sp³-hybridized carbons (Fsp3) is 0.583. The number of nitrogens with two attached hydrogens (primary N) is 1. The van der Waals surface area contributed by atoms with Gasteiger partial charge in [-0.05, 0) is 6.42 Å². The van der Waals surface area contributed by atoms with Gasteiger partial charge < -0.3 is 15.6 Å². The Morgan fingerprint density at radius 3 is 2.55 bits per heavy atom. The van der Waals surface area contributed by atoms with Gasteiger partial charge in [0, 0.05) is 33.7 Å². The van der Waals surface area contributed by atoms with Crippen molar-refractivity contribution in [2.75, 3.05) is 18.4 Å². The van der Waals surface area contributed by atoms with Crippen molar-refractivity contribution in [3.63, 3.8) is 0 Å². The van der Waals surface area contributed by atoms with Gasteiger partial charge in [0.15, 0.2) is 11.2 Å². The number of rotatable bonds is 5. The van der Waals surface area contributed by atoms with Crippen molar-refractivity contribution < 1.29 is 0 Å². The van der Waals surface area contributed by atoms with Gasteiger partial charge in [-0.15, -0.1) is 0 Å². The van der Waals surface area contributed by atoms with Gasteiger partial charge in [-0.3, -0.25) is 13.9 Å². The van der Waals surface area contributed by atoms with Crippen LogP contribution in [0, 0.1) is 0 Å². The average Bonchev–Trinajstić information content (AvgIpc) is 2.80. The first-order valence-electron chi connectivity index (χ1n) is 6.63. The van der Waals surface area contributed by atoms with E-state index in [-0.39, 0.29) is 11.2 Å². The maximum absolute atomic E-state index is 12.3. The molecule has 0 aliphatic heterocycles. The van der Waals surface area contributed by atoms with Crippen molar-refractivity contribution in [2.24, 2.45) is 19.8 Å². The number of hydrogen-bond acceptors (Lipinski definition) is 5. The van der Waals surface area contributed by atoms with Gasteiger partial charge in [0.1, 0.15) is 0 Å². The summed E-state index contributed by atoms with van der Waals surface area (Å²) in [5.74, 6) is 0.575. The molecule has 0 radical (unpaired) electrons. The first kappa shape index (κ1) is 14.3. The number of imidazole rings is 1. The smallest absolute Gasteiger partial charge is 0.332 e. The summed E-state index contributed by atoms with van der Waals surface area (Å²) in [6.45, 7) is 3.69. The van der Waals surface area contributed by atoms with Crippen molar-refractivity contribution >= 4 is 17.1 Å². The number of nitrogens with one attached hydrogen (secondary N) is 1. The summed E-state index contributed by atoms with van der Waals surface area (Å²) >= 11 is 0. The lowest BCUT2D eigenvalue weighted by Crippen LogP contribution is -2.37.